The summed E-state index contributed by atoms with van der Waals surface area (Å²) in [4.78, 5) is 31.3. The number of rotatable bonds is 4. The Bertz CT molecular complexity index is 1010. The maximum absolute atomic E-state index is 12.6. The number of likely N-dealkylation sites (tertiary alicyclic amines) is 1. The molecule has 0 bridgehead atoms. The quantitative estimate of drug-likeness (QED) is 0.839. The van der Waals surface area contributed by atoms with Crippen molar-refractivity contribution in [2.24, 2.45) is 11.8 Å². The van der Waals surface area contributed by atoms with Crippen molar-refractivity contribution in [1.29, 1.82) is 0 Å². The van der Waals surface area contributed by atoms with Crippen LogP contribution < -0.4 is 5.32 Å². The van der Waals surface area contributed by atoms with E-state index in [0.29, 0.717) is 21.9 Å². The van der Waals surface area contributed by atoms with Crippen LogP contribution in [-0.4, -0.2) is 49.5 Å². The molecule has 1 unspecified atom stereocenters. The number of fused-ring (bicyclic) bond motifs is 1. The van der Waals surface area contributed by atoms with E-state index >= 15 is 0 Å². The van der Waals surface area contributed by atoms with E-state index in [-0.39, 0.29) is 28.5 Å². The van der Waals surface area contributed by atoms with Crippen LogP contribution >= 0.6 is 11.3 Å². The molecular formula is C18H21N3O4S2. The lowest BCUT2D eigenvalue weighted by Gasteiger charge is -2.32. The molecule has 1 saturated carbocycles. The van der Waals surface area contributed by atoms with Crippen LogP contribution in [0.5, 0.6) is 0 Å². The van der Waals surface area contributed by atoms with E-state index in [9.17, 15) is 18.0 Å². The van der Waals surface area contributed by atoms with Gasteiger partial charge in [-0.3, -0.25) is 9.59 Å². The molecule has 1 aliphatic heterocycles. The zero-order valence-electron chi connectivity index (χ0n) is 15.0. The number of nitrogens with zero attached hydrogens (tertiary/aromatic N) is 2. The molecule has 1 atom stereocenters. The molecule has 4 rings (SSSR count). The Kier molecular flexibility index (Phi) is 4.67. The van der Waals surface area contributed by atoms with Crippen LogP contribution in [0.2, 0.25) is 0 Å². The summed E-state index contributed by atoms with van der Waals surface area (Å²) >= 11 is 1.25. The Morgan fingerprint density at radius 3 is 2.70 bits per heavy atom. The second kappa shape index (κ2) is 6.87. The Morgan fingerprint density at radius 1 is 1.22 bits per heavy atom. The van der Waals surface area contributed by atoms with Crippen LogP contribution in [0.3, 0.4) is 0 Å². The first-order chi connectivity index (χ1) is 12.8. The predicted molar refractivity (Wildman–Crippen MR) is 103 cm³/mol. The Hall–Kier alpha value is -2.00. The van der Waals surface area contributed by atoms with Gasteiger partial charge in [-0.2, -0.15) is 0 Å². The summed E-state index contributed by atoms with van der Waals surface area (Å²) in [6, 6.07) is 4.74. The van der Waals surface area contributed by atoms with Crippen molar-refractivity contribution in [2.75, 3.05) is 24.7 Å². The first-order valence-corrected chi connectivity index (χ1v) is 11.7. The van der Waals surface area contributed by atoms with Gasteiger partial charge in [0.1, 0.15) is 0 Å². The number of hydrogen-bond donors (Lipinski definition) is 1. The molecular weight excluding hydrogens is 386 g/mol. The Labute approximate surface area is 161 Å². The zero-order chi connectivity index (χ0) is 19.2. The molecule has 9 heteroatoms. The van der Waals surface area contributed by atoms with Crippen LogP contribution in [-0.2, 0) is 19.4 Å². The highest BCUT2D eigenvalue weighted by Crippen LogP contribution is 2.33. The lowest BCUT2D eigenvalue weighted by Crippen LogP contribution is -2.44. The van der Waals surface area contributed by atoms with Gasteiger partial charge < -0.3 is 10.2 Å². The van der Waals surface area contributed by atoms with Crippen molar-refractivity contribution >= 4 is 48.3 Å². The predicted octanol–water partition coefficient (Wildman–Crippen LogP) is 2.29. The number of nitrogens with one attached hydrogen (secondary N) is 1. The molecule has 1 aliphatic carbocycles. The van der Waals surface area contributed by atoms with E-state index in [0.717, 1.165) is 38.5 Å². The number of anilines is 1. The van der Waals surface area contributed by atoms with E-state index in [2.05, 4.69) is 10.3 Å². The monoisotopic (exact) mass is 407 g/mol. The highest BCUT2D eigenvalue weighted by Gasteiger charge is 2.36. The smallest absolute Gasteiger partial charge is 0.231 e. The highest BCUT2D eigenvalue weighted by molar-refractivity contribution is 7.90. The maximum atomic E-state index is 12.6. The SMILES string of the molecule is CS(=O)(=O)c1ccc2nc(NC(=O)C3CCCN(C(=O)C4CC4)C3)sc2c1. The fourth-order valence-electron chi connectivity index (χ4n) is 3.38. The summed E-state index contributed by atoms with van der Waals surface area (Å²) in [6.45, 7) is 1.19. The molecule has 1 N–H and O–H groups in total. The standard InChI is InChI=1S/C18H21N3O4S2/c1-27(24,25)13-6-7-14-15(9-13)26-18(19-14)20-16(22)12-3-2-8-21(10-12)17(23)11-4-5-11/h6-7,9,11-12H,2-5,8,10H2,1H3,(H,19,20,22). The molecule has 2 aromatic rings. The van der Waals surface area contributed by atoms with Gasteiger partial charge in [-0.25, -0.2) is 13.4 Å². The molecule has 0 spiro atoms. The average molecular weight is 408 g/mol. The third-order valence-electron chi connectivity index (χ3n) is 5.05. The minimum Gasteiger partial charge on any atom is -0.342 e. The molecule has 1 aromatic carbocycles. The number of hydrogen-bond acceptors (Lipinski definition) is 6. The second-order valence-electron chi connectivity index (χ2n) is 7.31. The normalized spacial score (nSPS) is 20.6. The number of carbonyl (C=O) groups is 2. The van der Waals surface area contributed by atoms with Crippen LogP contribution in [0.25, 0.3) is 10.2 Å². The molecule has 7 nitrogen and oxygen atoms in total. The van der Waals surface area contributed by atoms with Gasteiger partial charge in [0, 0.05) is 25.3 Å². The first kappa shape index (κ1) is 18.4. The zero-order valence-corrected chi connectivity index (χ0v) is 16.6. The number of aromatic nitrogens is 1. The number of carbonyl (C=O) groups excluding carboxylic acids is 2. The van der Waals surface area contributed by atoms with E-state index in [1.54, 1.807) is 12.1 Å². The lowest BCUT2D eigenvalue weighted by molar-refractivity contribution is -0.135. The number of amides is 2. The largest absolute Gasteiger partial charge is 0.342 e. The average Bonchev–Trinajstić information content (AvgIpc) is 3.40. The number of benzene rings is 1. The fourth-order valence-corrected chi connectivity index (χ4v) is 5.01. The molecule has 2 heterocycles. The third-order valence-corrected chi connectivity index (χ3v) is 7.09. The summed E-state index contributed by atoms with van der Waals surface area (Å²) in [6.07, 6.45) is 4.67. The molecule has 2 amide bonds. The molecule has 2 aliphatic rings. The summed E-state index contributed by atoms with van der Waals surface area (Å²) in [5, 5.41) is 3.29. The van der Waals surface area contributed by atoms with Gasteiger partial charge in [-0.1, -0.05) is 11.3 Å². The van der Waals surface area contributed by atoms with Crippen molar-refractivity contribution < 1.29 is 18.0 Å². The summed E-state index contributed by atoms with van der Waals surface area (Å²) in [5.74, 6) is -0.0216. The van der Waals surface area contributed by atoms with Crippen molar-refractivity contribution in [3.05, 3.63) is 18.2 Å². The van der Waals surface area contributed by atoms with Crippen molar-refractivity contribution in [3.63, 3.8) is 0 Å². The van der Waals surface area contributed by atoms with Gasteiger partial charge in [0.25, 0.3) is 0 Å². The second-order valence-corrected chi connectivity index (χ2v) is 10.4. The van der Waals surface area contributed by atoms with E-state index in [1.165, 1.54) is 17.4 Å². The molecule has 0 radical (unpaired) electrons. The maximum Gasteiger partial charge on any atom is 0.231 e. The fraction of sp³-hybridized carbons (Fsp3) is 0.500. The molecule has 1 aromatic heterocycles. The number of piperidine rings is 1. The third kappa shape index (κ3) is 3.98. The molecule has 1 saturated heterocycles. The van der Waals surface area contributed by atoms with Gasteiger partial charge in [-0.15, -0.1) is 0 Å². The van der Waals surface area contributed by atoms with Crippen molar-refractivity contribution in [2.45, 2.75) is 30.6 Å². The van der Waals surface area contributed by atoms with E-state index in [1.807, 2.05) is 4.90 Å². The minimum atomic E-state index is -3.29. The van der Waals surface area contributed by atoms with Crippen LogP contribution in [0.15, 0.2) is 23.1 Å². The number of sulfone groups is 1. The van der Waals surface area contributed by atoms with Crippen LogP contribution in [0.4, 0.5) is 5.13 Å². The van der Waals surface area contributed by atoms with E-state index in [4.69, 9.17) is 0 Å². The summed E-state index contributed by atoms with van der Waals surface area (Å²) in [7, 11) is -3.29. The Balaban J connectivity index is 1.46. The topological polar surface area (TPSA) is 96.4 Å². The van der Waals surface area contributed by atoms with Gasteiger partial charge >= 0.3 is 0 Å². The van der Waals surface area contributed by atoms with E-state index < -0.39 is 9.84 Å². The van der Waals surface area contributed by atoms with Crippen molar-refractivity contribution in [3.8, 4) is 0 Å². The van der Waals surface area contributed by atoms with Gasteiger partial charge in [0.2, 0.25) is 11.8 Å². The van der Waals surface area contributed by atoms with Crippen molar-refractivity contribution in [1.82, 2.24) is 9.88 Å². The highest BCUT2D eigenvalue weighted by atomic mass is 32.2. The van der Waals surface area contributed by atoms with Gasteiger partial charge in [0.15, 0.2) is 15.0 Å². The Morgan fingerprint density at radius 2 is 2.00 bits per heavy atom. The van der Waals surface area contributed by atoms with Gasteiger partial charge in [0.05, 0.1) is 21.0 Å². The lowest BCUT2D eigenvalue weighted by atomic mass is 9.97. The minimum absolute atomic E-state index is 0.134. The molecule has 2 fully saturated rings. The van der Waals surface area contributed by atoms with Gasteiger partial charge in [-0.05, 0) is 43.9 Å². The van der Waals surface area contributed by atoms with Crippen LogP contribution in [0.1, 0.15) is 25.7 Å². The summed E-state index contributed by atoms with van der Waals surface area (Å²) < 4.78 is 24.1. The molecule has 144 valence electrons. The van der Waals surface area contributed by atoms with Crippen LogP contribution in [0, 0.1) is 11.8 Å². The molecule has 27 heavy (non-hydrogen) atoms. The number of thiazole rings is 1. The summed E-state index contributed by atoms with van der Waals surface area (Å²) in [5.41, 5.74) is 0.650. The first-order valence-electron chi connectivity index (χ1n) is 9.01.